The van der Waals surface area contributed by atoms with Crippen LogP contribution < -0.4 is 15.5 Å². The van der Waals surface area contributed by atoms with E-state index in [0.717, 1.165) is 30.3 Å². The molecule has 1 saturated carbocycles. The molecule has 1 aliphatic heterocycles. The highest BCUT2D eigenvalue weighted by Gasteiger charge is 2.27. The Balaban J connectivity index is 1.37. The Hall–Kier alpha value is -2.54. The van der Waals surface area contributed by atoms with Crippen LogP contribution in [0.25, 0.3) is 0 Å². The highest BCUT2D eigenvalue weighted by Crippen LogP contribution is 2.33. The fourth-order valence-corrected chi connectivity index (χ4v) is 3.89. The summed E-state index contributed by atoms with van der Waals surface area (Å²) in [6.07, 6.45) is 10.4. The molecule has 1 unspecified atom stereocenters. The molecule has 0 aromatic carbocycles. The summed E-state index contributed by atoms with van der Waals surface area (Å²) in [6.45, 7) is 2.61. The summed E-state index contributed by atoms with van der Waals surface area (Å²) in [5.74, 6) is 1.30. The largest absolute Gasteiger partial charge is 0.351 e. The van der Waals surface area contributed by atoms with Crippen LogP contribution in [0.3, 0.4) is 0 Å². The maximum atomic E-state index is 12.6. The summed E-state index contributed by atoms with van der Waals surface area (Å²) in [6, 6.07) is 5.60. The number of rotatable bonds is 5. The summed E-state index contributed by atoms with van der Waals surface area (Å²) < 4.78 is 0. The lowest BCUT2D eigenvalue weighted by Gasteiger charge is -2.33. The molecule has 4 rings (SSSR count). The molecule has 1 atom stereocenters. The van der Waals surface area contributed by atoms with Crippen molar-refractivity contribution in [2.45, 2.75) is 44.2 Å². The maximum absolute atomic E-state index is 12.6. The molecule has 1 amide bonds. The number of carbonyl (C=O) groups excluding carboxylic acids is 1. The van der Waals surface area contributed by atoms with Gasteiger partial charge in [0.15, 0.2) is 0 Å². The first-order chi connectivity index (χ1) is 13.3. The van der Waals surface area contributed by atoms with E-state index in [9.17, 15) is 4.79 Å². The van der Waals surface area contributed by atoms with Gasteiger partial charge in [-0.2, -0.15) is 0 Å². The number of carbonyl (C=O) groups is 1. The van der Waals surface area contributed by atoms with E-state index >= 15 is 0 Å². The van der Waals surface area contributed by atoms with Crippen molar-refractivity contribution in [1.29, 1.82) is 0 Å². The Bertz CT molecular complexity index is 762. The molecule has 27 heavy (non-hydrogen) atoms. The molecule has 7 heteroatoms. The zero-order valence-corrected chi connectivity index (χ0v) is 15.5. The van der Waals surface area contributed by atoms with E-state index in [1.54, 1.807) is 12.4 Å². The molecule has 2 aliphatic rings. The summed E-state index contributed by atoms with van der Waals surface area (Å²) in [7, 11) is 0. The third-order valence-corrected chi connectivity index (χ3v) is 5.40. The lowest BCUT2D eigenvalue weighted by molar-refractivity contribution is -0.123. The summed E-state index contributed by atoms with van der Waals surface area (Å²) in [5, 5.41) is 6.29. The summed E-state index contributed by atoms with van der Waals surface area (Å²) in [5.41, 5.74) is 2.14. The van der Waals surface area contributed by atoms with E-state index in [2.05, 4.69) is 25.5 Å². The van der Waals surface area contributed by atoms with Crippen LogP contribution >= 0.6 is 0 Å². The molecule has 2 aromatic heterocycles. The number of pyridine rings is 1. The second-order valence-corrected chi connectivity index (χ2v) is 7.29. The third-order valence-electron chi connectivity index (χ3n) is 5.40. The summed E-state index contributed by atoms with van der Waals surface area (Å²) >= 11 is 0. The smallest absolute Gasteiger partial charge is 0.239 e. The number of piperazine rings is 1. The van der Waals surface area contributed by atoms with Gasteiger partial charge >= 0.3 is 0 Å². The molecule has 2 N–H and O–H groups in total. The van der Waals surface area contributed by atoms with Crippen molar-refractivity contribution in [3.05, 3.63) is 48.0 Å². The van der Waals surface area contributed by atoms with Crippen LogP contribution in [0.2, 0.25) is 0 Å². The first kappa shape index (κ1) is 17.9. The molecule has 2 fully saturated rings. The molecule has 1 saturated heterocycles. The minimum absolute atomic E-state index is 0.00417. The second kappa shape index (κ2) is 8.43. The monoisotopic (exact) mass is 366 g/mol. The van der Waals surface area contributed by atoms with Gasteiger partial charge < -0.3 is 15.5 Å². The lowest BCUT2D eigenvalue weighted by Crippen LogP contribution is -2.57. The average molecular weight is 366 g/mol. The number of nitrogens with one attached hydrogen (secondary N) is 2. The lowest BCUT2D eigenvalue weighted by atomic mass is 10.0. The number of hydrogen-bond acceptors (Lipinski definition) is 6. The summed E-state index contributed by atoms with van der Waals surface area (Å²) in [4.78, 5) is 28.0. The van der Waals surface area contributed by atoms with Crippen molar-refractivity contribution in [2.24, 2.45) is 0 Å². The minimum Gasteiger partial charge on any atom is -0.351 e. The van der Waals surface area contributed by atoms with Gasteiger partial charge in [0.25, 0.3) is 0 Å². The van der Waals surface area contributed by atoms with Crippen molar-refractivity contribution in [1.82, 2.24) is 25.6 Å². The van der Waals surface area contributed by atoms with Gasteiger partial charge in [-0.25, -0.2) is 9.97 Å². The normalized spacial score (nSPS) is 20.6. The van der Waals surface area contributed by atoms with Gasteiger partial charge in [0.1, 0.15) is 6.04 Å². The van der Waals surface area contributed by atoms with Gasteiger partial charge in [0, 0.05) is 56.4 Å². The van der Waals surface area contributed by atoms with Gasteiger partial charge in [0.05, 0.1) is 0 Å². The highest BCUT2D eigenvalue weighted by atomic mass is 16.2. The van der Waals surface area contributed by atoms with Crippen LogP contribution in [0.4, 0.5) is 5.95 Å². The molecule has 142 valence electrons. The van der Waals surface area contributed by atoms with E-state index in [4.69, 9.17) is 4.98 Å². The Morgan fingerprint density at radius 1 is 1.26 bits per heavy atom. The quantitative estimate of drug-likeness (QED) is 0.837. The van der Waals surface area contributed by atoms with Crippen molar-refractivity contribution in [2.75, 3.05) is 24.5 Å². The van der Waals surface area contributed by atoms with Crippen molar-refractivity contribution < 1.29 is 4.79 Å². The minimum atomic E-state index is -0.269. The van der Waals surface area contributed by atoms with Crippen molar-refractivity contribution in [3.63, 3.8) is 0 Å². The predicted octanol–water partition coefficient (Wildman–Crippen LogP) is 1.62. The zero-order valence-electron chi connectivity index (χ0n) is 15.5. The topological polar surface area (TPSA) is 83.0 Å². The van der Waals surface area contributed by atoms with Crippen LogP contribution in [0.15, 0.2) is 36.8 Å². The van der Waals surface area contributed by atoms with Gasteiger partial charge in [-0.05, 0) is 30.5 Å². The van der Waals surface area contributed by atoms with Crippen LogP contribution in [0, 0.1) is 0 Å². The predicted molar refractivity (Wildman–Crippen MR) is 103 cm³/mol. The van der Waals surface area contributed by atoms with E-state index in [0.29, 0.717) is 19.0 Å². The standard InChI is InChI=1S/C20H26N6O/c27-19(24-13-15-4-3-8-21-12-15)18-14-26(11-10-22-18)20-23-9-7-17(25-20)16-5-1-2-6-16/h3-4,7-9,12,16,18,22H,1-2,5-6,10-11,13-14H2,(H,24,27). The number of nitrogens with zero attached hydrogens (tertiary/aromatic N) is 4. The first-order valence-corrected chi connectivity index (χ1v) is 9.77. The maximum Gasteiger partial charge on any atom is 0.239 e. The molecule has 3 heterocycles. The van der Waals surface area contributed by atoms with Gasteiger partial charge in [0.2, 0.25) is 11.9 Å². The Kier molecular flexibility index (Phi) is 5.58. The molecule has 0 spiro atoms. The molecular formula is C20H26N6O. The van der Waals surface area contributed by atoms with Crippen LogP contribution in [0.5, 0.6) is 0 Å². The third kappa shape index (κ3) is 4.42. The van der Waals surface area contributed by atoms with E-state index in [1.807, 2.05) is 24.4 Å². The van der Waals surface area contributed by atoms with Gasteiger partial charge in [-0.15, -0.1) is 0 Å². The second-order valence-electron chi connectivity index (χ2n) is 7.29. The van der Waals surface area contributed by atoms with Crippen LogP contribution in [0.1, 0.15) is 42.9 Å². The molecule has 2 aromatic rings. The molecular weight excluding hydrogens is 340 g/mol. The average Bonchev–Trinajstić information content (AvgIpc) is 3.28. The number of hydrogen-bond donors (Lipinski definition) is 2. The number of anilines is 1. The van der Waals surface area contributed by atoms with Crippen molar-refractivity contribution >= 4 is 11.9 Å². The first-order valence-electron chi connectivity index (χ1n) is 9.77. The highest BCUT2D eigenvalue weighted by molar-refractivity contribution is 5.82. The Labute approximate surface area is 159 Å². The SMILES string of the molecule is O=C(NCc1cccnc1)C1CN(c2nccc(C3CCCC3)n2)CCN1. The van der Waals surface area contributed by atoms with Gasteiger partial charge in [-0.3, -0.25) is 9.78 Å². The number of aromatic nitrogens is 3. The molecule has 0 bridgehead atoms. The van der Waals surface area contributed by atoms with Crippen LogP contribution in [-0.4, -0.2) is 46.5 Å². The molecule has 0 radical (unpaired) electrons. The zero-order chi connectivity index (χ0) is 18.5. The van der Waals surface area contributed by atoms with Crippen molar-refractivity contribution in [3.8, 4) is 0 Å². The van der Waals surface area contributed by atoms with E-state index in [-0.39, 0.29) is 11.9 Å². The van der Waals surface area contributed by atoms with Crippen LogP contribution in [-0.2, 0) is 11.3 Å². The Morgan fingerprint density at radius 3 is 2.96 bits per heavy atom. The fourth-order valence-electron chi connectivity index (χ4n) is 3.89. The molecule has 7 nitrogen and oxygen atoms in total. The fraction of sp³-hybridized carbons (Fsp3) is 0.500. The number of amides is 1. The Morgan fingerprint density at radius 2 is 2.15 bits per heavy atom. The van der Waals surface area contributed by atoms with Gasteiger partial charge in [-0.1, -0.05) is 18.9 Å². The molecule has 1 aliphatic carbocycles. The van der Waals surface area contributed by atoms with E-state index in [1.165, 1.54) is 25.7 Å². The van der Waals surface area contributed by atoms with E-state index < -0.39 is 0 Å².